The van der Waals surface area contributed by atoms with Crippen molar-refractivity contribution in [2.75, 3.05) is 19.4 Å². The number of nitrogens with one attached hydrogen (secondary N) is 1. The van der Waals surface area contributed by atoms with Crippen molar-refractivity contribution in [2.45, 2.75) is 42.5 Å². The summed E-state index contributed by atoms with van der Waals surface area (Å²) in [5.41, 5.74) is 4.50. The maximum atomic E-state index is 5.65. The maximum absolute atomic E-state index is 5.65. The Morgan fingerprint density at radius 2 is 1.11 bits per heavy atom. The van der Waals surface area contributed by atoms with E-state index in [2.05, 4.69) is 31.0 Å². The number of nitrogens with zero attached hydrogens (tertiary/aromatic N) is 4. The van der Waals surface area contributed by atoms with Crippen molar-refractivity contribution in [3.63, 3.8) is 0 Å². The first-order chi connectivity index (χ1) is 11.9. The highest BCUT2D eigenvalue weighted by Gasteiger charge is 1.99. The number of anilines is 1. The van der Waals surface area contributed by atoms with Crippen LogP contribution in [0.4, 0.5) is 5.82 Å². The van der Waals surface area contributed by atoms with E-state index in [0.29, 0.717) is 15.9 Å². The normalized spacial score (nSPS) is 7.41. The Morgan fingerprint density at radius 3 is 1.41 bits per heavy atom. The molecule has 2 aromatic heterocycles. The molecule has 0 aromatic carbocycles. The summed E-state index contributed by atoms with van der Waals surface area (Å²) in [6.45, 7) is 8.00. The van der Waals surface area contributed by atoms with Gasteiger partial charge in [-0.2, -0.15) is 4.98 Å². The summed E-state index contributed by atoms with van der Waals surface area (Å²) in [4.78, 5) is 14.6. The van der Waals surface area contributed by atoms with Gasteiger partial charge in [-0.3, -0.25) is 0 Å². The third-order valence-corrected chi connectivity index (χ3v) is 2.93. The Bertz CT molecular complexity index is 573. The van der Waals surface area contributed by atoms with Crippen LogP contribution in [0.2, 0.25) is 25.8 Å². The molecule has 0 saturated carbocycles. The minimum Gasteiger partial charge on any atom is -0.372 e. The van der Waals surface area contributed by atoms with Crippen molar-refractivity contribution in [3.05, 3.63) is 38.2 Å². The molecule has 2 heterocycles. The Balaban J connectivity index is -0.0000000886. The zero-order valence-corrected chi connectivity index (χ0v) is 18.7. The van der Waals surface area contributed by atoms with Crippen LogP contribution >= 0.6 is 58.0 Å². The average Bonchev–Trinajstić information content (AvgIpc) is 2.66. The molecule has 6 nitrogen and oxygen atoms in total. The Hall–Kier alpha value is -0.630. The third-order valence-electron chi connectivity index (χ3n) is 1.62. The molecule has 11 heteroatoms. The molecule has 0 aliphatic heterocycles. The molecule has 27 heavy (non-hydrogen) atoms. The van der Waals surface area contributed by atoms with Crippen molar-refractivity contribution in [2.24, 2.45) is 5.73 Å². The van der Waals surface area contributed by atoms with Crippen molar-refractivity contribution < 1.29 is 0 Å². The lowest BCUT2D eigenvalue weighted by Gasteiger charge is -1.99. The second-order valence-electron chi connectivity index (χ2n) is 2.86. The van der Waals surface area contributed by atoms with Crippen molar-refractivity contribution in [3.8, 4) is 0 Å². The summed E-state index contributed by atoms with van der Waals surface area (Å²) in [6.07, 6.45) is 2.79. The van der Waals surface area contributed by atoms with Gasteiger partial charge in [0.25, 0.3) is 0 Å². The lowest BCUT2D eigenvalue weighted by Crippen LogP contribution is -1.94. The van der Waals surface area contributed by atoms with Crippen LogP contribution in [-0.4, -0.2) is 34.0 Å². The molecule has 2 aromatic rings. The van der Waals surface area contributed by atoms with Gasteiger partial charge in [-0.1, -0.05) is 77.4 Å². The second kappa shape index (κ2) is 25.4. The van der Waals surface area contributed by atoms with Gasteiger partial charge in [-0.05, 0) is 30.2 Å². The predicted molar refractivity (Wildman–Crippen MR) is 125 cm³/mol. The highest BCUT2D eigenvalue weighted by molar-refractivity contribution is 6.41. The summed E-state index contributed by atoms with van der Waals surface area (Å²) < 4.78 is 0. The summed E-state index contributed by atoms with van der Waals surface area (Å²) in [5, 5.41) is 4.01. The predicted octanol–water partition coefficient (Wildman–Crippen LogP) is 7.16. The van der Waals surface area contributed by atoms with E-state index in [1.807, 2.05) is 27.7 Å². The van der Waals surface area contributed by atoms with E-state index in [4.69, 9.17) is 58.0 Å². The van der Waals surface area contributed by atoms with Crippen molar-refractivity contribution in [1.29, 1.82) is 0 Å². The molecule has 0 aliphatic rings. The SMILES string of the molecule is C.C.CC.CC.CN.CNc1nc(Cl)ncc1Cl.Clc1ncc(Cl)c(Cl)n1. The van der Waals surface area contributed by atoms with Crippen LogP contribution in [0.15, 0.2) is 12.4 Å². The van der Waals surface area contributed by atoms with Gasteiger partial charge in [0.05, 0.1) is 17.4 Å². The highest BCUT2D eigenvalue weighted by atomic mass is 35.5. The van der Waals surface area contributed by atoms with E-state index in [9.17, 15) is 0 Å². The van der Waals surface area contributed by atoms with Crippen LogP contribution in [0, 0.1) is 0 Å². The lowest BCUT2D eigenvalue weighted by atomic mass is 10.6. The van der Waals surface area contributed by atoms with Gasteiger partial charge < -0.3 is 11.1 Å². The van der Waals surface area contributed by atoms with Gasteiger partial charge in [0.1, 0.15) is 10.8 Å². The molecule has 0 amide bonds. The largest absolute Gasteiger partial charge is 0.372 e. The monoisotopic (exact) mass is 482 g/mol. The molecule has 2 rings (SSSR count). The van der Waals surface area contributed by atoms with Crippen molar-refractivity contribution in [1.82, 2.24) is 19.9 Å². The molecule has 0 radical (unpaired) electrons. The first-order valence-corrected chi connectivity index (χ1v) is 9.10. The zero-order chi connectivity index (χ0) is 20.4. The third kappa shape index (κ3) is 18.5. The number of halogens is 5. The molecule has 0 fully saturated rings. The zero-order valence-electron chi connectivity index (χ0n) is 14.9. The van der Waals surface area contributed by atoms with E-state index in [1.165, 1.54) is 19.4 Å². The van der Waals surface area contributed by atoms with Crippen LogP contribution < -0.4 is 11.1 Å². The fourth-order valence-electron chi connectivity index (χ4n) is 0.847. The standard InChI is InChI=1S/C5H5Cl2N3.C4HCl3N2.2C2H6.CH5N.2CH4/c1-8-4-3(6)2-9-5(7)10-4;5-2-1-8-4(7)9-3(2)6;3*1-2;;/h2H,1H3,(H,8,9,10);1H;2*1-2H3;2H2,1H3;2*1H4. The van der Waals surface area contributed by atoms with Crippen LogP contribution in [0.5, 0.6) is 0 Å². The van der Waals surface area contributed by atoms with Gasteiger partial charge in [0, 0.05) is 7.05 Å². The molecule has 0 atom stereocenters. The highest BCUT2D eigenvalue weighted by Crippen LogP contribution is 2.18. The number of hydrogen-bond donors (Lipinski definition) is 2. The first-order valence-electron chi connectivity index (χ1n) is 7.21. The summed E-state index contributed by atoms with van der Waals surface area (Å²) in [7, 11) is 3.21. The Labute approximate surface area is 189 Å². The second-order valence-corrected chi connectivity index (χ2v) is 4.71. The van der Waals surface area contributed by atoms with Crippen LogP contribution in [0.3, 0.4) is 0 Å². The van der Waals surface area contributed by atoms with Gasteiger partial charge >= 0.3 is 0 Å². The van der Waals surface area contributed by atoms with Gasteiger partial charge in [-0.25, -0.2) is 15.0 Å². The van der Waals surface area contributed by atoms with E-state index >= 15 is 0 Å². The number of aromatic nitrogens is 4. The smallest absolute Gasteiger partial charge is 0.224 e. The molecule has 0 saturated heterocycles. The van der Waals surface area contributed by atoms with Gasteiger partial charge in [0.15, 0.2) is 5.15 Å². The minimum atomic E-state index is 0. The fourth-order valence-corrected chi connectivity index (χ4v) is 1.56. The molecule has 0 unspecified atom stereocenters. The van der Waals surface area contributed by atoms with Crippen LogP contribution in [0.1, 0.15) is 42.5 Å². The van der Waals surface area contributed by atoms with Crippen LogP contribution in [-0.2, 0) is 0 Å². The summed E-state index contributed by atoms with van der Waals surface area (Å²) >= 11 is 27.4. The maximum Gasteiger partial charge on any atom is 0.224 e. The van der Waals surface area contributed by atoms with E-state index in [1.54, 1.807) is 7.05 Å². The molecule has 160 valence electrons. The van der Waals surface area contributed by atoms with Crippen molar-refractivity contribution >= 4 is 63.8 Å². The topological polar surface area (TPSA) is 89.6 Å². The van der Waals surface area contributed by atoms with Crippen LogP contribution in [0.25, 0.3) is 0 Å². The summed E-state index contributed by atoms with van der Waals surface area (Å²) in [5.74, 6) is 0.543. The number of nitrogens with two attached hydrogens (primary N) is 1. The quantitative estimate of drug-likeness (QED) is 0.330. The molecular formula is C16H31Cl5N6. The van der Waals surface area contributed by atoms with Gasteiger partial charge in [0.2, 0.25) is 10.6 Å². The van der Waals surface area contributed by atoms with E-state index in [0.717, 1.165) is 0 Å². The molecule has 0 aliphatic carbocycles. The number of hydrogen-bond acceptors (Lipinski definition) is 6. The first kappa shape index (κ1) is 37.2. The van der Waals surface area contributed by atoms with E-state index < -0.39 is 0 Å². The number of rotatable bonds is 1. The van der Waals surface area contributed by atoms with E-state index in [-0.39, 0.29) is 30.6 Å². The molecule has 0 bridgehead atoms. The molecule has 3 N–H and O–H groups in total. The van der Waals surface area contributed by atoms with Gasteiger partial charge in [-0.15, -0.1) is 0 Å². The summed E-state index contributed by atoms with van der Waals surface area (Å²) in [6, 6.07) is 0. The molecule has 0 spiro atoms. The molecular weight excluding hydrogens is 453 g/mol. The fraction of sp³-hybridized carbons (Fsp3) is 0.500. The Morgan fingerprint density at radius 1 is 0.741 bits per heavy atom. The lowest BCUT2D eigenvalue weighted by molar-refractivity contribution is 1.16. The Kier molecular flexibility index (Phi) is 34.9. The minimum absolute atomic E-state index is 0. The average molecular weight is 485 g/mol.